The number of fused-ring (bicyclic) bond motifs is 1. The molecule has 0 saturated heterocycles. The fourth-order valence-electron chi connectivity index (χ4n) is 4.10. The second kappa shape index (κ2) is 8.15. The minimum atomic E-state index is -0.424. The number of thiophene rings is 1. The molecule has 0 radical (unpaired) electrons. The Morgan fingerprint density at radius 2 is 2.10 bits per heavy atom. The summed E-state index contributed by atoms with van der Waals surface area (Å²) in [6.07, 6.45) is 3.43. The third-order valence-electron chi connectivity index (χ3n) is 5.63. The van der Waals surface area contributed by atoms with Crippen molar-refractivity contribution in [2.45, 2.75) is 64.4 Å². The van der Waals surface area contributed by atoms with Crippen LogP contribution in [-0.2, 0) is 12.8 Å². The number of hydrogen-bond donors (Lipinski definition) is 1. The maximum Gasteiger partial charge on any atom is 0.277 e. The molecule has 158 valence electrons. The summed E-state index contributed by atoms with van der Waals surface area (Å²) in [5, 5.41) is 8.29. The third-order valence-corrected chi connectivity index (χ3v) is 7.79. The molecule has 3 aromatic heterocycles. The van der Waals surface area contributed by atoms with Crippen molar-refractivity contribution in [3.05, 3.63) is 39.0 Å². The Balaban J connectivity index is 1.49. The Morgan fingerprint density at radius 3 is 2.80 bits per heavy atom. The summed E-state index contributed by atoms with van der Waals surface area (Å²) >= 11 is 2.96. The molecule has 3 heterocycles. The Labute approximate surface area is 183 Å². The lowest BCUT2D eigenvalue weighted by molar-refractivity contribution is 0.0988. The molecular formula is C22H25N3O3S2. The summed E-state index contributed by atoms with van der Waals surface area (Å²) in [6, 6.07) is 2.17. The van der Waals surface area contributed by atoms with E-state index in [0.717, 1.165) is 23.4 Å². The fourth-order valence-corrected chi connectivity index (χ4v) is 5.97. The number of carbonyl (C=O) groups excluding carboxylic acids is 2. The van der Waals surface area contributed by atoms with Crippen LogP contribution in [0.5, 0.6) is 0 Å². The van der Waals surface area contributed by atoms with Crippen LogP contribution in [0, 0.1) is 19.8 Å². The number of hydrogen-bond acceptors (Lipinski definition) is 7. The zero-order chi connectivity index (χ0) is 21.6. The summed E-state index contributed by atoms with van der Waals surface area (Å²) < 4.78 is 5.86. The van der Waals surface area contributed by atoms with Gasteiger partial charge in [0.1, 0.15) is 0 Å². The fraction of sp³-hybridized carbons (Fsp3) is 0.455. The van der Waals surface area contributed by atoms with Gasteiger partial charge < -0.3 is 9.40 Å². The molecule has 1 N–H and O–H groups in total. The molecule has 0 fully saturated rings. The monoisotopic (exact) mass is 443 g/mol. The van der Waals surface area contributed by atoms with Gasteiger partial charge in [0, 0.05) is 16.1 Å². The molecule has 0 bridgehead atoms. The zero-order valence-electron chi connectivity index (χ0n) is 17.8. The third kappa shape index (κ3) is 3.90. The van der Waals surface area contributed by atoms with Crippen molar-refractivity contribution in [2.75, 3.05) is 0 Å². The van der Waals surface area contributed by atoms with E-state index < -0.39 is 5.25 Å². The minimum Gasteiger partial charge on any atom is -0.410 e. The number of rotatable bonds is 6. The predicted molar refractivity (Wildman–Crippen MR) is 119 cm³/mol. The van der Waals surface area contributed by atoms with Gasteiger partial charge in [0.2, 0.25) is 0 Å². The molecule has 4 rings (SSSR count). The van der Waals surface area contributed by atoms with Gasteiger partial charge in [-0.25, -0.2) is 0 Å². The zero-order valence-corrected chi connectivity index (χ0v) is 19.4. The highest BCUT2D eigenvalue weighted by Crippen LogP contribution is 2.38. The number of nitrogens with one attached hydrogen (secondary N) is 1. The standard InChI is InChI=1S/C22H25N3O3S2/c1-10-6-7-16-15(8-10)9-17(30-16)21-24-25-22(28-21)29-14(5)20(27)19-11(2)18(13(4)26)12(3)23-19/h9-10,14,23H,6-8H2,1-5H3/t10-,14+/m0/s1. The Bertz CT molecular complexity index is 1130. The van der Waals surface area contributed by atoms with Crippen molar-refractivity contribution < 1.29 is 14.0 Å². The van der Waals surface area contributed by atoms with Gasteiger partial charge >= 0.3 is 0 Å². The molecule has 6 nitrogen and oxygen atoms in total. The smallest absolute Gasteiger partial charge is 0.277 e. The van der Waals surface area contributed by atoms with E-state index >= 15 is 0 Å². The van der Waals surface area contributed by atoms with Crippen molar-refractivity contribution >= 4 is 34.7 Å². The summed E-state index contributed by atoms with van der Waals surface area (Å²) in [6.45, 7) is 9.22. The maximum atomic E-state index is 12.9. The van der Waals surface area contributed by atoms with Crippen molar-refractivity contribution in [3.63, 3.8) is 0 Å². The molecule has 30 heavy (non-hydrogen) atoms. The van der Waals surface area contributed by atoms with E-state index in [0.29, 0.717) is 33.9 Å². The highest BCUT2D eigenvalue weighted by atomic mass is 32.2. The summed E-state index contributed by atoms with van der Waals surface area (Å²) in [5.74, 6) is 1.09. The molecule has 8 heteroatoms. The van der Waals surface area contributed by atoms with E-state index in [1.807, 2.05) is 13.8 Å². The molecule has 2 atom stereocenters. The van der Waals surface area contributed by atoms with Crippen LogP contribution in [0.25, 0.3) is 10.8 Å². The Hall–Kier alpha value is -2.19. The van der Waals surface area contributed by atoms with Gasteiger partial charge in [0.05, 0.1) is 15.8 Å². The largest absolute Gasteiger partial charge is 0.410 e. The number of nitrogens with zero attached hydrogens (tertiary/aromatic N) is 2. The van der Waals surface area contributed by atoms with E-state index in [2.05, 4.69) is 28.2 Å². The van der Waals surface area contributed by atoms with E-state index in [9.17, 15) is 9.59 Å². The average Bonchev–Trinajstić information content (AvgIpc) is 3.37. The first-order chi connectivity index (χ1) is 14.2. The van der Waals surface area contributed by atoms with Crippen molar-refractivity contribution in [1.29, 1.82) is 0 Å². The van der Waals surface area contributed by atoms with Gasteiger partial charge in [-0.15, -0.1) is 21.5 Å². The normalized spacial score (nSPS) is 17.0. The number of H-pyrrole nitrogens is 1. The lowest BCUT2D eigenvalue weighted by Gasteiger charge is -2.16. The minimum absolute atomic E-state index is 0.0461. The van der Waals surface area contributed by atoms with Gasteiger partial charge in [0.15, 0.2) is 11.6 Å². The molecular weight excluding hydrogens is 418 g/mol. The lowest BCUT2D eigenvalue weighted by Crippen LogP contribution is -2.15. The van der Waals surface area contributed by atoms with Gasteiger partial charge in [0.25, 0.3) is 11.1 Å². The number of Topliss-reactive ketones (excluding diaryl/α,β-unsaturated/α-hetero) is 2. The van der Waals surface area contributed by atoms with Crippen LogP contribution in [0.2, 0.25) is 0 Å². The van der Waals surface area contributed by atoms with Crippen LogP contribution < -0.4 is 0 Å². The number of aryl methyl sites for hydroxylation is 2. The molecule has 0 spiro atoms. The van der Waals surface area contributed by atoms with Crippen LogP contribution in [0.3, 0.4) is 0 Å². The van der Waals surface area contributed by atoms with Gasteiger partial charge in [-0.2, -0.15) is 0 Å². The van der Waals surface area contributed by atoms with Gasteiger partial charge in [-0.3, -0.25) is 9.59 Å². The first-order valence-electron chi connectivity index (χ1n) is 10.1. The maximum absolute atomic E-state index is 12.9. The first kappa shape index (κ1) is 21.1. The second-order valence-electron chi connectivity index (χ2n) is 8.09. The number of thioether (sulfide) groups is 1. The summed E-state index contributed by atoms with van der Waals surface area (Å²) in [7, 11) is 0. The Morgan fingerprint density at radius 1 is 1.33 bits per heavy atom. The molecule has 0 saturated carbocycles. The van der Waals surface area contributed by atoms with E-state index in [1.165, 1.54) is 35.5 Å². The van der Waals surface area contributed by atoms with Gasteiger partial charge in [-0.05, 0) is 70.1 Å². The van der Waals surface area contributed by atoms with E-state index in [-0.39, 0.29) is 11.6 Å². The van der Waals surface area contributed by atoms with Crippen LogP contribution in [-0.4, -0.2) is 32.0 Å². The SMILES string of the molecule is CC(=O)c1c(C)[nH]c(C(=O)[C@@H](C)Sc2nnc(-c3cc4c(s3)CC[C@H](C)C4)o2)c1C. The Kier molecular flexibility index (Phi) is 5.72. The number of aromatic nitrogens is 3. The molecule has 0 amide bonds. The lowest BCUT2D eigenvalue weighted by atomic mass is 9.90. The van der Waals surface area contributed by atoms with Gasteiger partial charge in [-0.1, -0.05) is 18.7 Å². The highest BCUT2D eigenvalue weighted by Gasteiger charge is 2.26. The summed E-state index contributed by atoms with van der Waals surface area (Å²) in [5.41, 5.74) is 3.87. The average molecular weight is 444 g/mol. The quantitative estimate of drug-likeness (QED) is 0.403. The molecule has 0 unspecified atom stereocenters. The number of aromatic amines is 1. The van der Waals surface area contributed by atoms with E-state index in [4.69, 9.17) is 4.42 Å². The number of carbonyl (C=O) groups is 2. The van der Waals surface area contributed by atoms with Crippen LogP contribution in [0.4, 0.5) is 0 Å². The van der Waals surface area contributed by atoms with Crippen molar-refractivity contribution in [3.8, 4) is 10.8 Å². The van der Waals surface area contributed by atoms with Crippen LogP contribution in [0.15, 0.2) is 15.7 Å². The molecule has 3 aromatic rings. The van der Waals surface area contributed by atoms with Crippen LogP contribution >= 0.6 is 23.1 Å². The topological polar surface area (TPSA) is 88.9 Å². The molecule has 1 aliphatic carbocycles. The van der Waals surface area contributed by atoms with E-state index in [1.54, 1.807) is 18.3 Å². The van der Waals surface area contributed by atoms with Crippen LogP contribution in [0.1, 0.15) is 69.7 Å². The predicted octanol–water partition coefficient (Wildman–Crippen LogP) is 5.43. The highest BCUT2D eigenvalue weighted by molar-refractivity contribution is 8.00. The molecule has 0 aromatic carbocycles. The van der Waals surface area contributed by atoms with Crippen molar-refractivity contribution in [1.82, 2.24) is 15.2 Å². The first-order valence-corrected chi connectivity index (χ1v) is 11.8. The molecule has 1 aliphatic rings. The number of ketones is 2. The summed E-state index contributed by atoms with van der Waals surface area (Å²) in [4.78, 5) is 30.3. The second-order valence-corrected chi connectivity index (χ2v) is 10.5. The van der Waals surface area contributed by atoms with Crippen molar-refractivity contribution in [2.24, 2.45) is 5.92 Å². The molecule has 0 aliphatic heterocycles.